The van der Waals surface area contributed by atoms with Crippen LogP contribution in [-0.2, 0) is 19.3 Å². The third kappa shape index (κ3) is 21.4. The second kappa shape index (κ2) is 39.6. The Morgan fingerprint density at radius 1 is 0.406 bits per heavy atom. The van der Waals surface area contributed by atoms with Crippen LogP contribution in [0.3, 0.4) is 0 Å². The van der Waals surface area contributed by atoms with E-state index in [1.807, 2.05) is 49.1 Å². The zero-order valence-corrected chi connectivity index (χ0v) is 65.4. The Kier molecular flexibility index (Phi) is 28.7. The number of rotatable bonds is 29. The number of nitrogens with zero attached hydrogens (tertiary/aromatic N) is 11. The molecule has 3 aliphatic heterocycles. The number of benzene rings is 3. The molecule has 554 valence electrons. The summed E-state index contributed by atoms with van der Waals surface area (Å²) in [5.41, 5.74) is 11.0. The lowest BCUT2D eigenvalue weighted by Crippen LogP contribution is -2.46. The molecule has 3 aliphatic rings. The molecule has 0 aliphatic carbocycles. The molecule has 0 spiro atoms. The fraction of sp³-hybridized carbons (Fsp3) is 0.393. The Morgan fingerprint density at radius 3 is 1.07 bits per heavy atom. The van der Waals surface area contributed by atoms with Crippen LogP contribution in [-0.4, -0.2) is 141 Å². The van der Waals surface area contributed by atoms with E-state index in [-0.39, 0.29) is 17.3 Å². The van der Waals surface area contributed by atoms with Crippen molar-refractivity contribution in [3.05, 3.63) is 219 Å². The number of aromatic amines is 3. The maximum Gasteiger partial charge on any atom is 0.186 e. The number of halogens is 1. The summed E-state index contributed by atoms with van der Waals surface area (Å²) in [6, 6.07) is 37.5. The van der Waals surface area contributed by atoms with E-state index in [1.54, 1.807) is 53.7 Å². The van der Waals surface area contributed by atoms with Gasteiger partial charge in [-0.2, -0.15) is 0 Å². The number of hydrogen-bond donors (Lipinski definition) is 4. The van der Waals surface area contributed by atoms with Gasteiger partial charge in [-0.15, -0.1) is 11.3 Å². The summed E-state index contributed by atoms with van der Waals surface area (Å²) in [6.07, 6.45) is 37.5. The zero-order valence-electron chi connectivity index (χ0n) is 61.4. The number of H-pyrrole nitrogens is 3. The molecule has 4 N–H and O–H groups in total. The van der Waals surface area contributed by atoms with Crippen molar-refractivity contribution >= 4 is 127 Å². The van der Waals surface area contributed by atoms with Gasteiger partial charge in [0.1, 0.15) is 0 Å². The Balaban J connectivity index is 0.000000140. The van der Waals surface area contributed by atoms with E-state index in [4.69, 9.17) is 0 Å². The number of para-hydroxylation sites is 3. The van der Waals surface area contributed by atoms with E-state index >= 15 is 0 Å². The summed E-state index contributed by atoms with van der Waals surface area (Å²) in [7, 11) is 0. The SMILES string of the molecule is CCCCC(CC(=O)c1cnc(Br)s1)Cc1c[nH]c2ccccc12.CCCCC(CC(=O)c1cnc(N2CCN(c3cccnc3)CC2)s1)Cc1c[nH]c2ccccc12.CCCCC(CC(=O)c1cnc(N2CCN(c3cccnc3)CC2)s1)Cc1c[nH]c2ccccc12.c1cncc(N2CCNCC2)c1. The van der Waals surface area contributed by atoms with Crippen LogP contribution in [0.2, 0.25) is 0 Å². The van der Waals surface area contributed by atoms with Crippen LogP contribution < -0.4 is 29.8 Å². The normalized spacial score (nSPS) is 14.8. The predicted molar refractivity (Wildman–Crippen MR) is 443 cm³/mol. The quantitative estimate of drug-likeness (QED) is 0.0322. The zero-order chi connectivity index (χ0) is 73.2. The number of carbonyl (C=O) groups is 3. The predicted octanol–water partition coefficient (Wildman–Crippen LogP) is 18.4. The number of nitrogens with one attached hydrogen (secondary N) is 4. The van der Waals surface area contributed by atoms with Gasteiger partial charge in [0.25, 0.3) is 0 Å². The van der Waals surface area contributed by atoms with Gasteiger partial charge in [-0.1, -0.05) is 137 Å². The van der Waals surface area contributed by atoms with E-state index in [0.29, 0.717) is 37.0 Å². The van der Waals surface area contributed by atoms with E-state index in [9.17, 15) is 14.4 Å². The molecule has 12 aromatic rings. The van der Waals surface area contributed by atoms with Crippen LogP contribution in [0.1, 0.15) is 144 Å². The molecule has 18 nitrogen and oxygen atoms in total. The number of unbranched alkanes of at least 4 members (excludes halogenated alkanes) is 3. The molecule has 3 fully saturated rings. The molecule has 0 radical (unpaired) electrons. The summed E-state index contributed by atoms with van der Waals surface area (Å²) < 4.78 is 0.771. The van der Waals surface area contributed by atoms with Gasteiger partial charge in [-0.05, 0) is 143 Å². The van der Waals surface area contributed by atoms with Gasteiger partial charge >= 0.3 is 0 Å². The minimum Gasteiger partial charge on any atom is -0.368 e. The minimum absolute atomic E-state index is 0.208. The molecular weight excluding hydrogens is 1440 g/mol. The number of fused-ring (bicyclic) bond motifs is 3. The van der Waals surface area contributed by atoms with Crippen molar-refractivity contribution in [2.24, 2.45) is 17.8 Å². The summed E-state index contributed by atoms with van der Waals surface area (Å²) in [6.45, 7) is 18.3. The Bertz CT molecular complexity index is 4430. The summed E-state index contributed by atoms with van der Waals surface area (Å²) >= 11 is 7.86. The molecule has 0 bridgehead atoms. The summed E-state index contributed by atoms with van der Waals surface area (Å²) in [4.78, 5) is 89.2. The highest BCUT2D eigenvalue weighted by Gasteiger charge is 2.27. The molecule has 15 rings (SSSR count). The smallest absolute Gasteiger partial charge is 0.186 e. The van der Waals surface area contributed by atoms with Crippen molar-refractivity contribution in [2.75, 3.05) is 103 Å². The Morgan fingerprint density at radius 2 is 0.736 bits per heavy atom. The van der Waals surface area contributed by atoms with Crippen molar-refractivity contribution in [1.82, 2.24) is 50.2 Å². The van der Waals surface area contributed by atoms with Gasteiger partial charge in [0, 0.05) is 168 Å². The number of anilines is 5. The van der Waals surface area contributed by atoms with Gasteiger partial charge in [-0.3, -0.25) is 29.3 Å². The molecule has 12 heterocycles. The van der Waals surface area contributed by atoms with Gasteiger partial charge < -0.3 is 44.8 Å². The Hall–Kier alpha value is -8.93. The van der Waals surface area contributed by atoms with Crippen LogP contribution in [0.5, 0.6) is 0 Å². The second-order valence-electron chi connectivity index (χ2n) is 27.9. The van der Waals surface area contributed by atoms with Crippen molar-refractivity contribution in [3.63, 3.8) is 0 Å². The van der Waals surface area contributed by atoms with Crippen molar-refractivity contribution in [2.45, 2.75) is 117 Å². The second-order valence-corrected chi connectivity index (χ2v) is 32.2. The topological polar surface area (TPSA) is 204 Å². The molecule has 106 heavy (non-hydrogen) atoms. The number of pyridine rings is 3. The monoisotopic (exact) mass is 1540 g/mol. The summed E-state index contributed by atoms with van der Waals surface area (Å²) in [5.74, 6) is 1.72. The molecule has 3 unspecified atom stereocenters. The van der Waals surface area contributed by atoms with E-state index < -0.39 is 0 Å². The first-order valence-corrected chi connectivity index (χ1v) is 41.2. The van der Waals surface area contributed by atoms with Gasteiger partial charge in [0.2, 0.25) is 0 Å². The van der Waals surface area contributed by atoms with Crippen molar-refractivity contribution in [1.29, 1.82) is 0 Å². The molecular formula is C84H100BrN15O3S3. The first-order valence-electron chi connectivity index (χ1n) is 38.0. The molecule has 0 amide bonds. The van der Waals surface area contributed by atoms with Crippen LogP contribution in [0.4, 0.5) is 27.3 Å². The molecule has 3 atom stereocenters. The molecule has 3 saturated heterocycles. The highest BCUT2D eigenvalue weighted by atomic mass is 79.9. The van der Waals surface area contributed by atoms with Gasteiger partial charge in [0.05, 0.1) is 68.9 Å². The molecule has 22 heteroatoms. The first-order chi connectivity index (χ1) is 52.1. The van der Waals surface area contributed by atoms with E-state index in [1.165, 1.54) is 66.4 Å². The van der Waals surface area contributed by atoms with E-state index in [2.05, 4.69) is 215 Å². The lowest BCUT2D eigenvalue weighted by molar-refractivity contribution is 0.0953. The number of hydrogen-bond acceptors (Lipinski definition) is 18. The highest BCUT2D eigenvalue weighted by Crippen LogP contribution is 2.34. The fourth-order valence-electron chi connectivity index (χ4n) is 14.5. The van der Waals surface area contributed by atoms with Crippen LogP contribution in [0.25, 0.3) is 32.7 Å². The van der Waals surface area contributed by atoms with E-state index in [0.717, 1.165) is 196 Å². The standard InChI is InChI=1S/2C28H33N5OS.C19H21BrN2OS.C9H13N3/c2*1-2-3-7-21(16-22-18-30-25-10-5-4-9-24(22)25)17-26(34)27-20-31-28(35-27)33-14-12-32(13-15-33)23-8-6-11-29-19-23;1-2-3-6-13(10-17(23)18-12-22-19(20)24-18)9-14-11-21-16-8-5-4-7-15(14)16;1-2-9(8-11-3-1)12-6-4-10-5-7-12/h2*4-6,8-11,18-21,30H,2-3,7,12-17H2,1H3;4-5,7-8,11-13,21H,2-3,6,9-10H2,1H3;1-3,8,10H,4-7H2. The van der Waals surface area contributed by atoms with Gasteiger partial charge in [0.15, 0.2) is 31.5 Å². The maximum absolute atomic E-state index is 13.3. The largest absolute Gasteiger partial charge is 0.368 e. The lowest BCUT2D eigenvalue weighted by atomic mass is 9.89. The number of ketones is 3. The highest BCUT2D eigenvalue weighted by molar-refractivity contribution is 9.11. The van der Waals surface area contributed by atoms with Crippen LogP contribution in [0, 0.1) is 17.8 Å². The van der Waals surface area contributed by atoms with Crippen molar-refractivity contribution in [3.8, 4) is 0 Å². The average Bonchev–Trinajstić information content (AvgIpc) is 1.69. The lowest BCUT2D eigenvalue weighted by Gasteiger charge is -2.35. The maximum atomic E-state index is 13.3. The third-order valence-electron chi connectivity index (χ3n) is 20.4. The number of aromatic nitrogens is 9. The minimum atomic E-state index is 0.208. The summed E-state index contributed by atoms with van der Waals surface area (Å²) in [5, 5.41) is 9.05. The number of Topliss-reactive ketones (excluding diaryl/α,β-unsaturated/α-hetero) is 3. The van der Waals surface area contributed by atoms with Gasteiger partial charge in [-0.25, -0.2) is 15.0 Å². The molecule has 0 saturated carbocycles. The molecule has 3 aromatic carbocycles. The third-order valence-corrected chi connectivity index (χ3v) is 24.1. The number of thiazole rings is 3. The van der Waals surface area contributed by atoms with Crippen LogP contribution in [0.15, 0.2) is 187 Å². The van der Waals surface area contributed by atoms with Crippen molar-refractivity contribution < 1.29 is 14.4 Å². The fourth-order valence-corrected chi connectivity index (χ4v) is 17.6. The number of piperazine rings is 3. The average molecular weight is 1540 g/mol. The number of carbonyl (C=O) groups excluding carboxylic acids is 3. The molecule has 9 aromatic heterocycles. The van der Waals surface area contributed by atoms with Crippen LogP contribution >= 0.6 is 49.9 Å². The Labute approximate surface area is 644 Å². The first kappa shape index (κ1) is 76.7.